The first-order valence-electron chi connectivity index (χ1n) is 10.8. The Bertz CT molecular complexity index is 1010. The molecule has 0 saturated carbocycles. The Kier molecular flexibility index (Phi) is 6.36. The summed E-state index contributed by atoms with van der Waals surface area (Å²) in [6.07, 6.45) is 3.46. The van der Waals surface area contributed by atoms with E-state index in [9.17, 15) is 14.4 Å². The van der Waals surface area contributed by atoms with E-state index in [1.807, 2.05) is 16.7 Å². The molecule has 4 amide bonds. The van der Waals surface area contributed by atoms with Gasteiger partial charge in [-0.1, -0.05) is 11.6 Å². The first-order valence-corrected chi connectivity index (χ1v) is 11.1. The number of rotatable bonds is 5. The molecule has 3 heterocycles. The third-order valence-corrected chi connectivity index (χ3v) is 6.25. The van der Waals surface area contributed by atoms with Gasteiger partial charge in [-0.25, -0.2) is 14.6 Å². The molecule has 2 aliphatic heterocycles. The van der Waals surface area contributed by atoms with Gasteiger partial charge in [0.2, 0.25) is 5.91 Å². The Balaban J connectivity index is 1.22. The van der Waals surface area contributed by atoms with Crippen LogP contribution in [0, 0.1) is 6.92 Å². The lowest BCUT2D eigenvalue weighted by Gasteiger charge is -2.36. The van der Waals surface area contributed by atoms with Crippen LogP contribution in [0.5, 0.6) is 0 Å². The van der Waals surface area contributed by atoms with Crippen molar-refractivity contribution < 1.29 is 14.4 Å². The van der Waals surface area contributed by atoms with Crippen molar-refractivity contribution in [3.8, 4) is 0 Å². The number of carbonyl (C=O) groups is 3. The lowest BCUT2D eigenvalue weighted by molar-refractivity contribution is -0.133. The van der Waals surface area contributed by atoms with E-state index in [0.29, 0.717) is 36.2 Å². The summed E-state index contributed by atoms with van der Waals surface area (Å²) in [5.41, 5.74) is 1.55. The number of urea groups is 1. The van der Waals surface area contributed by atoms with Crippen LogP contribution in [-0.4, -0.2) is 62.5 Å². The highest BCUT2D eigenvalue weighted by Crippen LogP contribution is 2.26. The number of halogens is 1. The smallest absolute Gasteiger partial charge is 0.330 e. The second-order valence-corrected chi connectivity index (χ2v) is 8.80. The molecule has 1 aromatic heterocycles. The Labute approximate surface area is 191 Å². The molecule has 0 radical (unpaired) electrons. The number of aryl methyl sites for hydroxylation is 1. The molecule has 0 spiro atoms. The zero-order valence-corrected chi connectivity index (χ0v) is 18.9. The number of piperidine rings is 1. The van der Waals surface area contributed by atoms with Gasteiger partial charge in [-0.15, -0.1) is 0 Å². The van der Waals surface area contributed by atoms with Gasteiger partial charge in [0.15, 0.2) is 0 Å². The van der Waals surface area contributed by atoms with E-state index in [1.165, 1.54) is 0 Å². The van der Waals surface area contributed by atoms with Crippen molar-refractivity contribution in [2.24, 2.45) is 0 Å². The lowest BCUT2D eigenvalue weighted by Crippen LogP contribution is -2.48. The summed E-state index contributed by atoms with van der Waals surface area (Å²) < 4.78 is 1.67. The molecule has 0 aliphatic carbocycles. The van der Waals surface area contributed by atoms with E-state index in [0.717, 1.165) is 18.5 Å². The highest BCUT2D eigenvalue weighted by atomic mass is 35.5. The number of hydrogen-bond donors (Lipinski definition) is 2. The molecule has 2 aliphatic rings. The van der Waals surface area contributed by atoms with Gasteiger partial charge in [0.1, 0.15) is 5.82 Å². The van der Waals surface area contributed by atoms with Crippen LogP contribution in [0.1, 0.15) is 37.7 Å². The van der Waals surface area contributed by atoms with E-state index >= 15 is 0 Å². The summed E-state index contributed by atoms with van der Waals surface area (Å²) in [6.45, 7) is 5.41. The number of hydrogen-bond acceptors (Lipinski definition) is 4. The van der Waals surface area contributed by atoms with Crippen molar-refractivity contribution in [2.75, 3.05) is 18.4 Å². The minimum Gasteiger partial charge on any atom is -0.342 e. The van der Waals surface area contributed by atoms with Crippen LogP contribution in [0.2, 0.25) is 5.02 Å². The van der Waals surface area contributed by atoms with E-state index in [2.05, 4.69) is 15.6 Å². The number of aromatic nitrogens is 2. The van der Waals surface area contributed by atoms with E-state index in [-0.39, 0.29) is 36.5 Å². The first-order chi connectivity index (χ1) is 15.3. The predicted molar refractivity (Wildman–Crippen MR) is 121 cm³/mol. The van der Waals surface area contributed by atoms with Crippen LogP contribution in [-0.2, 0) is 11.3 Å². The van der Waals surface area contributed by atoms with Gasteiger partial charge in [-0.3, -0.25) is 9.36 Å². The third-order valence-electron chi connectivity index (χ3n) is 6.00. The fraction of sp³-hybridized carbons (Fsp3) is 0.455. The molecule has 1 fully saturated rings. The maximum Gasteiger partial charge on any atom is 0.330 e. The van der Waals surface area contributed by atoms with Gasteiger partial charge >= 0.3 is 12.1 Å². The Hall–Kier alpha value is -3.07. The SMILES string of the molecule is Cc1ncc2n1C(=O)N(C1CCN(C(=O)CC(C)NC(=O)Nc3ccc(Cl)cc3)CC1)C2. The maximum atomic E-state index is 12.7. The van der Waals surface area contributed by atoms with Crippen molar-refractivity contribution in [1.29, 1.82) is 0 Å². The summed E-state index contributed by atoms with van der Waals surface area (Å²) in [5.74, 6) is 0.712. The van der Waals surface area contributed by atoms with Crippen LogP contribution < -0.4 is 10.6 Å². The molecular weight excluding hydrogens is 432 g/mol. The Morgan fingerprint density at radius 2 is 1.91 bits per heavy atom. The molecule has 170 valence electrons. The van der Waals surface area contributed by atoms with Crippen LogP contribution in [0.25, 0.3) is 0 Å². The quantitative estimate of drug-likeness (QED) is 0.718. The zero-order chi connectivity index (χ0) is 22.8. The number of imidazole rings is 1. The summed E-state index contributed by atoms with van der Waals surface area (Å²) in [6, 6.07) is 6.22. The highest BCUT2D eigenvalue weighted by molar-refractivity contribution is 6.30. The second-order valence-electron chi connectivity index (χ2n) is 8.37. The fourth-order valence-corrected chi connectivity index (χ4v) is 4.44. The van der Waals surface area contributed by atoms with Crippen molar-refractivity contribution >= 4 is 35.3 Å². The van der Waals surface area contributed by atoms with Gasteiger partial charge in [-0.2, -0.15) is 0 Å². The summed E-state index contributed by atoms with van der Waals surface area (Å²) in [7, 11) is 0. The van der Waals surface area contributed by atoms with Crippen LogP contribution in [0.15, 0.2) is 30.5 Å². The van der Waals surface area contributed by atoms with E-state index in [1.54, 1.807) is 42.0 Å². The van der Waals surface area contributed by atoms with Gasteiger partial charge in [-0.05, 0) is 51.0 Å². The average Bonchev–Trinajstić information content (AvgIpc) is 3.29. The molecule has 2 N–H and O–H groups in total. The second kappa shape index (κ2) is 9.20. The Morgan fingerprint density at radius 1 is 1.22 bits per heavy atom. The molecular formula is C22H27ClN6O3. The van der Waals surface area contributed by atoms with Gasteiger partial charge in [0.05, 0.1) is 18.4 Å². The molecule has 1 unspecified atom stereocenters. The van der Waals surface area contributed by atoms with E-state index in [4.69, 9.17) is 11.6 Å². The number of benzene rings is 1. The molecule has 1 aromatic carbocycles. The summed E-state index contributed by atoms with van der Waals surface area (Å²) in [5, 5.41) is 6.11. The highest BCUT2D eigenvalue weighted by Gasteiger charge is 2.36. The van der Waals surface area contributed by atoms with Gasteiger partial charge < -0.3 is 20.4 Å². The van der Waals surface area contributed by atoms with Crippen molar-refractivity contribution in [3.05, 3.63) is 47.0 Å². The molecule has 1 atom stereocenters. The number of nitrogens with zero attached hydrogens (tertiary/aromatic N) is 4. The van der Waals surface area contributed by atoms with Crippen LogP contribution in [0.4, 0.5) is 15.3 Å². The van der Waals surface area contributed by atoms with Gasteiger partial charge in [0.25, 0.3) is 0 Å². The number of fused-ring (bicyclic) bond motifs is 1. The molecule has 1 saturated heterocycles. The maximum absolute atomic E-state index is 12.7. The molecule has 32 heavy (non-hydrogen) atoms. The predicted octanol–water partition coefficient (Wildman–Crippen LogP) is 3.22. The van der Waals surface area contributed by atoms with E-state index < -0.39 is 0 Å². The summed E-state index contributed by atoms with van der Waals surface area (Å²) >= 11 is 5.85. The lowest BCUT2D eigenvalue weighted by atomic mass is 10.0. The molecule has 2 aromatic rings. The number of likely N-dealkylation sites (tertiary alicyclic amines) is 1. The first kappa shape index (κ1) is 22.1. The third kappa shape index (κ3) is 4.72. The monoisotopic (exact) mass is 458 g/mol. The zero-order valence-electron chi connectivity index (χ0n) is 18.2. The number of amides is 4. The summed E-state index contributed by atoms with van der Waals surface area (Å²) in [4.78, 5) is 45.5. The van der Waals surface area contributed by atoms with Crippen molar-refractivity contribution in [3.63, 3.8) is 0 Å². The fourth-order valence-electron chi connectivity index (χ4n) is 4.31. The molecule has 4 rings (SSSR count). The topological polar surface area (TPSA) is 99.6 Å². The number of carbonyl (C=O) groups excluding carboxylic acids is 3. The molecule has 10 heteroatoms. The van der Waals surface area contributed by atoms with Crippen LogP contribution in [0.3, 0.4) is 0 Å². The van der Waals surface area contributed by atoms with Crippen molar-refractivity contribution in [2.45, 2.75) is 51.7 Å². The molecule has 0 bridgehead atoms. The minimum absolute atomic E-state index is 0.00166. The average molecular weight is 459 g/mol. The standard InChI is InChI=1S/C22H27ClN6O3/c1-14(25-21(31)26-17-5-3-16(23)4-6-17)11-20(30)27-9-7-18(8-10-27)28-13-19-12-24-15(2)29(19)22(28)32/h3-6,12,14,18H,7-11,13H2,1-2H3,(H2,25,26,31). The molecule has 9 nitrogen and oxygen atoms in total. The normalized spacial score (nSPS) is 17.3. The Morgan fingerprint density at radius 3 is 2.56 bits per heavy atom. The van der Waals surface area contributed by atoms with Gasteiger partial charge in [0, 0.05) is 42.3 Å². The largest absolute Gasteiger partial charge is 0.342 e. The van der Waals surface area contributed by atoms with Crippen LogP contribution >= 0.6 is 11.6 Å². The number of anilines is 1. The number of nitrogens with one attached hydrogen (secondary N) is 2. The minimum atomic E-state index is -0.368. The van der Waals surface area contributed by atoms with Crippen molar-refractivity contribution in [1.82, 2.24) is 24.7 Å².